The Morgan fingerprint density at radius 1 is 1.18 bits per heavy atom. The average Bonchev–Trinajstić information content (AvgIpc) is 2.33. The molecule has 1 saturated carbocycles. The zero-order valence-corrected chi connectivity index (χ0v) is 11.2. The lowest BCUT2D eigenvalue weighted by atomic mass is 9.84. The van der Waals surface area contributed by atoms with Crippen LogP contribution in [0.3, 0.4) is 0 Å². The molecular formula is C14H28N2O. The van der Waals surface area contributed by atoms with Crippen LogP contribution in [0.2, 0.25) is 0 Å². The van der Waals surface area contributed by atoms with Gasteiger partial charge in [0.15, 0.2) is 0 Å². The van der Waals surface area contributed by atoms with Crippen molar-refractivity contribution < 1.29 is 4.74 Å². The number of nitrogens with zero attached hydrogens (tertiary/aromatic N) is 1. The first-order valence-electron chi connectivity index (χ1n) is 7.39. The highest BCUT2D eigenvalue weighted by atomic mass is 16.5. The van der Waals surface area contributed by atoms with Gasteiger partial charge in [-0.2, -0.15) is 0 Å². The Hall–Kier alpha value is -0.120. The van der Waals surface area contributed by atoms with E-state index in [4.69, 9.17) is 10.5 Å². The van der Waals surface area contributed by atoms with Crippen LogP contribution in [0.4, 0.5) is 0 Å². The molecule has 0 radical (unpaired) electrons. The van der Waals surface area contributed by atoms with E-state index in [0.29, 0.717) is 12.1 Å². The first-order chi connectivity index (χ1) is 8.29. The van der Waals surface area contributed by atoms with Crippen molar-refractivity contribution in [3.63, 3.8) is 0 Å². The van der Waals surface area contributed by atoms with Crippen molar-refractivity contribution in [3.05, 3.63) is 0 Å². The smallest absolute Gasteiger partial charge is 0.0702 e. The predicted molar refractivity (Wildman–Crippen MR) is 71.0 cm³/mol. The standard InChI is InChI=1S/C14H28N2O/c1-2-17-13-7-5-9-16(11-13)10-12-6-3-4-8-14(12)15/h12-14H,2-11,15H2,1H3/t12?,13?,14-/m0/s1. The van der Waals surface area contributed by atoms with Crippen LogP contribution in [0.15, 0.2) is 0 Å². The molecule has 0 amide bonds. The summed E-state index contributed by atoms with van der Waals surface area (Å²) in [6.45, 7) is 6.51. The van der Waals surface area contributed by atoms with Gasteiger partial charge in [-0.1, -0.05) is 12.8 Å². The number of rotatable bonds is 4. The molecule has 3 atom stereocenters. The van der Waals surface area contributed by atoms with Crippen LogP contribution in [-0.4, -0.2) is 43.3 Å². The Morgan fingerprint density at radius 2 is 2.00 bits per heavy atom. The zero-order chi connectivity index (χ0) is 12.1. The fourth-order valence-corrected chi connectivity index (χ4v) is 3.35. The Kier molecular flexibility index (Phi) is 5.26. The molecule has 0 aromatic heterocycles. The molecule has 100 valence electrons. The topological polar surface area (TPSA) is 38.5 Å². The van der Waals surface area contributed by atoms with Crippen LogP contribution < -0.4 is 5.73 Å². The average molecular weight is 240 g/mol. The minimum Gasteiger partial charge on any atom is -0.377 e. The van der Waals surface area contributed by atoms with Crippen molar-refractivity contribution in [2.24, 2.45) is 11.7 Å². The second-order valence-corrected chi connectivity index (χ2v) is 5.69. The van der Waals surface area contributed by atoms with Crippen molar-refractivity contribution in [2.75, 3.05) is 26.2 Å². The van der Waals surface area contributed by atoms with E-state index < -0.39 is 0 Å². The third kappa shape index (κ3) is 3.94. The fraction of sp³-hybridized carbons (Fsp3) is 1.00. The van der Waals surface area contributed by atoms with Crippen molar-refractivity contribution in [2.45, 2.75) is 57.6 Å². The molecule has 1 aliphatic heterocycles. The third-order valence-corrected chi connectivity index (χ3v) is 4.33. The van der Waals surface area contributed by atoms with Crippen molar-refractivity contribution in [3.8, 4) is 0 Å². The molecule has 17 heavy (non-hydrogen) atoms. The van der Waals surface area contributed by atoms with Crippen LogP contribution in [0.25, 0.3) is 0 Å². The molecule has 1 saturated heterocycles. The lowest BCUT2D eigenvalue weighted by Crippen LogP contribution is -2.46. The van der Waals surface area contributed by atoms with E-state index in [0.717, 1.165) is 19.1 Å². The lowest BCUT2D eigenvalue weighted by Gasteiger charge is -2.37. The van der Waals surface area contributed by atoms with E-state index in [1.807, 2.05) is 0 Å². The summed E-state index contributed by atoms with van der Waals surface area (Å²) >= 11 is 0. The highest BCUT2D eigenvalue weighted by Crippen LogP contribution is 2.25. The SMILES string of the molecule is CCOC1CCCN(CC2CCCC[C@@H]2N)C1. The Labute approximate surface area is 106 Å². The highest BCUT2D eigenvalue weighted by molar-refractivity contribution is 4.83. The minimum atomic E-state index is 0.441. The molecule has 0 spiro atoms. The number of hydrogen-bond acceptors (Lipinski definition) is 3. The van der Waals surface area contributed by atoms with Gasteiger partial charge in [-0.15, -0.1) is 0 Å². The molecule has 2 rings (SSSR count). The second-order valence-electron chi connectivity index (χ2n) is 5.69. The van der Waals surface area contributed by atoms with Crippen LogP contribution in [0.1, 0.15) is 45.4 Å². The number of likely N-dealkylation sites (tertiary alicyclic amines) is 1. The van der Waals surface area contributed by atoms with Gasteiger partial charge in [0.2, 0.25) is 0 Å². The van der Waals surface area contributed by atoms with E-state index >= 15 is 0 Å². The Morgan fingerprint density at radius 3 is 2.76 bits per heavy atom. The van der Waals surface area contributed by atoms with E-state index in [-0.39, 0.29) is 0 Å². The van der Waals surface area contributed by atoms with E-state index in [1.54, 1.807) is 0 Å². The van der Waals surface area contributed by atoms with Gasteiger partial charge in [0, 0.05) is 25.7 Å². The molecule has 2 N–H and O–H groups in total. The van der Waals surface area contributed by atoms with Gasteiger partial charge < -0.3 is 15.4 Å². The van der Waals surface area contributed by atoms with Gasteiger partial charge in [-0.05, 0) is 45.1 Å². The third-order valence-electron chi connectivity index (χ3n) is 4.33. The van der Waals surface area contributed by atoms with Crippen molar-refractivity contribution in [1.29, 1.82) is 0 Å². The Bertz CT molecular complexity index is 220. The molecule has 1 heterocycles. The minimum absolute atomic E-state index is 0.441. The molecule has 3 nitrogen and oxygen atoms in total. The number of hydrogen-bond donors (Lipinski definition) is 1. The summed E-state index contributed by atoms with van der Waals surface area (Å²) < 4.78 is 5.76. The molecule has 2 fully saturated rings. The summed E-state index contributed by atoms with van der Waals surface area (Å²) in [7, 11) is 0. The number of piperidine rings is 1. The van der Waals surface area contributed by atoms with E-state index in [1.165, 1.54) is 51.6 Å². The molecule has 2 unspecified atom stereocenters. The van der Waals surface area contributed by atoms with Crippen LogP contribution in [0.5, 0.6) is 0 Å². The molecule has 2 aliphatic rings. The monoisotopic (exact) mass is 240 g/mol. The van der Waals surface area contributed by atoms with Gasteiger partial charge >= 0.3 is 0 Å². The molecule has 0 aromatic rings. The van der Waals surface area contributed by atoms with Gasteiger partial charge in [-0.3, -0.25) is 0 Å². The molecule has 1 aliphatic carbocycles. The maximum absolute atomic E-state index is 6.23. The first-order valence-corrected chi connectivity index (χ1v) is 7.39. The maximum Gasteiger partial charge on any atom is 0.0702 e. The van der Waals surface area contributed by atoms with Crippen molar-refractivity contribution >= 4 is 0 Å². The van der Waals surface area contributed by atoms with Gasteiger partial charge in [0.25, 0.3) is 0 Å². The van der Waals surface area contributed by atoms with Gasteiger partial charge in [-0.25, -0.2) is 0 Å². The summed E-state index contributed by atoms with van der Waals surface area (Å²) in [5, 5.41) is 0. The van der Waals surface area contributed by atoms with Gasteiger partial charge in [0.1, 0.15) is 0 Å². The van der Waals surface area contributed by atoms with Crippen molar-refractivity contribution in [1.82, 2.24) is 4.90 Å². The molecule has 0 bridgehead atoms. The number of ether oxygens (including phenoxy) is 1. The summed E-state index contributed by atoms with van der Waals surface area (Å²) in [6, 6.07) is 0.441. The van der Waals surface area contributed by atoms with Crippen LogP contribution in [-0.2, 0) is 4.74 Å². The Balaban J connectivity index is 1.77. The normalized spacial score (nSPS) is 36.0. The maximum atomic E-state index is 6.23. The predicted octanol–water partition coefficient (Wildman–Crippen LogP) is 2.00. The summed E-state index contributed by atoms with van der Waals surface area (Å²) in [5.74, 6) is 0.726. The van der Waals surface area contributed by atoms with E-state index in [9.17, 15) is 0 Å². The summed E-state index contributed by atoms with van der Waals surface area (Å²) in [6.07, 6.45) is 8.26. The summed E-state index contributed by atoms with van der Waals surface area (Å²) in [4.78, 5) is 2.58. The second kappa shape index (κ2) is 6.72. The molecular weight excluding hydrogens is 212 g/mol. The largest absolute Gasteiger partial charge is 0.377 e. The van der Waals surface area contributed by atoms with E-state index in [2.05, 4.69) is 11.8 Å². The van der Waals surface area contributed by atoms with Gasteiger partial charge in [0.05, 0.1) is 6.10 Å². The van der Waals surface area contributed by atoms with Crippen LogP contribution >= 0.6 is 0 Å². The molecule has 3 heteroatoms. The quantitative estimate of drug-likeness (QED) is 0.817. The lowest BCUT2D eigenvalue weighted by molar-refractivity contribution is -0.000685. The first kappa shape index (κ1) is 13.3. The zero-order valence-electron chi connectivity index (χ0n) is 11.2. The summed E-state index contributed by atoms with van der Waals surface area (Å²) in [5.41, 5.74) is 6.23. The van der Waals surface area contributed by atoms with Crippen LogP contribution in [0, 0.1) is 5.92 Å². The highest BCUT2D eigenvalue weighted by Gasteiger charge is 2.27. The number of nitrogens with two attached hydrogens (primary N) is 1. The molecule has 0 aromatic carbocycles. The fourth-order valence-electron chi connectivity index (χ4n) is 3.35.